The average Bonchev–Trinajstić information content (AvgIpc) is 3.00. The van der Waals surface area contributed by atoms with E-state index in [0.717, 1.165) is 28.2 Å². The fourth-order valence-corrected chi connectivity index (χ4v) is 4.48. The summed E-state index contributed by atoms with van der Waals surface area (Å²) in [5.74, 6) is 1.58. The summed E-state index contributed by atoms with van der Waals surface area (Å²) in [4.78, 5) is 16.2. The quantitative estimate of drug-likeness (QED) is 0.186. The van der Waals surface area contributed by atoms with E-state index in [9.17, 15) is 4.79 Å². The van der Waals surface area contributed by atoms with Gasteiger partial charge in [-0.25, -0.2) is 4.79 Å². The van der Waals surface area contributed by atoms with Gasteiger partial charge in [0.2, 0.25) is 0 Å². The summed E-state index contributed by atoms with van der Waals surface area (Å²) in [7, 11) is 3.26. The summed E-state index contributed by atoms with van der Waals surface area (Å²) in [6, 6.07) is 27.0. The number of hydrogen-bond donors (Lipinski definition) is 1. The highest BCUT2D eigenvalue weighted by Gasteiger charge is 2.38. The molecular weight excluding hydrogens is 506 g/mol. The van der Waals surface area contributed by atoms with Crippen LogP contribution in [0.4, 0.5) is 5.82 Å². The third-order valence-corrected chi connectivity index (χ3v) is 6.54. The molecule has 1 heterocycles. The molecule has 2 atom stereocenters. The van der Waals surface area contributed by atoms with Crippen LogP contribution in [0.2, 0.25) is 0 Å². The predicted molar refractivity (Wildman–Crippen MR) is 155 cm³/mol. The highest BCUT2D eigenvalue weighted by atomic mass is 16.6. The highest BCUT2D eigenvalue weighted by molar-refractivity contribution is 5.49. The summed E-state index contributed by atoms with van der Waals surface area (Å²) in [6.07, 6.45) is 3.21. The Labute approximate surface area is 233 Å². The van der Waals surface area contributed by atoms with Crippen LogP contribution in [0.15, 0.2) is 121 Å². The van der Waals surface area contributed by atoms with Crippen molar-refractivity contribution in [1.29, 1.82) is 0 Å². The van der Waals surface area contributed by atoms with E-state index in [1.807, 2.05) is 78.9 Å². The van der Waals surface area contributed by atoms with Gasteiger partial charge in [-0.15, -0.1) is 6.58 Å². The van der Waals surface area contributed by atoms with Gasteiger partial charge in [-0.1, -0.05) is 67.3 Å². The predicted octanol–water partition coefficient (Wildman–Crippen LogP) is 5.11. The molecular formula is C32H33N3O5. The van der Waals surface area contributed by atoms with Crippen molar-refractivity contribution in [2.45, 2.75) is 17.9 Å². The summed E-state index contributed by atoms with van der Waals surface area (Å²) >= 11 is 0. The Morgan fingerprint density at radius 1 is 0.850 bits per heavy atom. The monoisotopic (exact) mass is 539 g/mol. The molecule has 8 heteroatoms. The van der Waals surface area contributed by atoms with Gasteiger partial charge in [-0.3, -0.25) is 4.57 Å². The molecule has 0 amide bonds. The number of nitrogen functional groups attached to an aromatic ring is 1. The molecule has 4 aromatic rings. The lowest BCUT2D eigenvalue weighted by Crippen LogP contribution is -2.37. The second-order valence-corrected chi connectivity index (χ2v) is 8.89. The largest absolute Gasteiger partial charge is 0.497 e. The van der Waals surface area contributed by atoms with E-state index in [1.54, 1.807) is 20.3 Å². The molecule has 0 aliphatic rings. The molecule has 3 aromatic carbocycles. The Balaban J connectivity index is 1.76. The van der Waals surface area contributed by atoms with E-state index in [2.05, 4.69) is 18.1 Å². The maximum absolute atomic E-state index is 12.5. The molecule has 0 unspecified atom stereocenters. The number of nitrogens with two attached hydrogens (primary N) is 1. The molecule has 0 radical (unpaired) electrons. The van der Waals surface area contributed by atoms with E-state index in [0.29, 0.717) is 0 Å². The van der Waals surface area contributed by atoms with Crippen molar-refractivity contribution in [3.63, 3.8) is 0 Å². The van der Waals surface area contributed by atoms with Crippen molar-refractivity contribution in [3.8, 4) is 11.5 Å². The van der Waals surface area contributed by atoms with E-state index >= 15 is 0 Å². The van der Waals surface area contributed by atoms with Gasteiger partial charge in [0.1, 0.15) is 29.0 Å². The molecule has 0 fully saturated rings. The third-order valence-electron chi connectivity index (χ3n) is 6.54. The minimum Gasteiger partial charge on any atom is -0.497 e. The number of rotatable bonds is 13. The van der Waals surface area contributed by atoms with Gasteiger partial charge in [0.25, 0.3) is 0 Å². The van der Waals surface area contributed by atoms with E-state index in [4.69, 9.17) is 24.7 Å². The van der Waals surface area contributed by atoms with E-state index < -0.39 is 23.6 Å². The number of nitrogens with zero attached hydrogens (tertiary/aromatic N) is 2. The van der Waals surface area contributed by atoms with Crippen molar-refractivity contribution in [2.24, 2.45) is 0 Å². The molecule has 0 bridgehead atoms. The van der Waals surface area contributed by atoms with Crippen LogP contribution >= 0.6 is 0 Å². The van der Waals surface area contributed by atoms with Gasteiger partial charge in [0, 0.05) is 6.20 Å². The van der Waals surface area contributed by atoms with Crippen LogP contribution in [0.3, 0.4) is 0 Å². The number of methoxy groups -OCH3 is 2. The van der Waals surface area contributed by atoms with Gasteiger partial charge in [0.15, 0.2) is 6.23 Å². The number of benzene rings is 3. The fourth-order valence-electron chi connectivity index (χ4n) is 4.48. The maximum Gasteiger partial charge on any atom is 0.351 e. The number of anilines is 1. The molecule has 8 nitrogen and oxygen atoms in total. The van der Waals surface area contributed by atoms with Crippen molar-refractivity contribution in [2.75, 3.05) is 26.6 Å². The average molecular weight is 540 g/mol. The summed E-state index contributed by atoms with van der Waals surface area (Å²) in [6.45, 7) is 7.87. The standard InChI is InChI=1S/C32H33N3O5/c1-5-26(40-30(6-2)35-21-20-29(33)34-31(35)36)22-39-32(23-10-8-7-9-11-23,24-12-16-27(37-3)17-13-24)25-14-18-28(38-4)19-15-25/h5-21,26,30H,1-2,22H2,3-4H3,(H2,33,34,36)/t26-,30+/m0/s1. The molecule has 4 rings (SSSR count). The lowest BCUT2D eigenvalue weighted by atomic mass is 9.80. The zero-order valence-corrected chi connectivity index (χ0v) is 22.6. The number of hydrogen-bond acceptors (Lipinski definition) is 7. The lowest BCUT2D eigenvalue weighted by Gasteiger charge is -2.37. The van der Waals surface area contributed by atoms with Gasteiger partial charge in [-0.05, 0) is 53.1 Å². The van der Waals surface area contributed by atoms with Gasteiger partial charge in [0.05, 0.1) is 20.8 Å². The van der Waals surface area contributed by atoms with Crippen molar-refractivity contribution >= 4 is 5.82 Å². The van der Waals surface area contributed by atoms with Crippen LogP contribution < -0.4 is 20.9 Å². The summed E-state index contributed by atoms with van der Waals surface area (Å²) in [5, 5.41) is 0. The topological polar surface area (TPSA) is 97.8 Å². The first kappa shape index (κ1) is 28.4. The Kier molecular flexibility index (Phi) is 9.16. The van der Waals surface area contributed by atoms with Gasteiger partial charge in [-0.2, -0.15) is 4.98 Å². The Morgan fingerprint density at radius 2 is 1.40 bits per heavy atom. The van der Waals surface area contributed by atoms with Gasteiger partial charge < -0.3 is 24.7 Å². The Hall–Kier alpha value is -4.66. The zero-order chi connectivity index (χ0) is 28.5. The second-order valence-electron chi connectivity index (χ2n) is 8.89. The minimum absolute atomic E-state index is 0.0952. The first-order valence-corrected chi connectivity index (χ1v) is 12.7. The molecule has 206 valence electrons. The molecule has 0 aliphatic heterocycles. The number of ether oxygens (including phenoxy) is 4. The molecule has 2 N–H and O–H groups in total. The maximum atomic E-state index is 12.5. The van der Waals surface area contributed by atoms with Crippen molar-refractivity contribution < 1.29 is 18.9 Å². The van der Waals surface area contributed by atoms with Crippen LogP contribution in [-0.4, -0.2) is 36.5 Å². The van der Waals surface area contributed by atoms with Gasteiger partial charge >= 0.3 is 5.69 Å². The highest BCUT2D eigenvalue weighted by Crippen LogP contribution is 2.42. The van der Waals surface area contributed by atoms with Crippen molar-refractivity contribution in [3.05, 3.63) is 144 Å². The van der Waals surface area contributed by atoms with E-state index in [1.165, 1.54) is 22.9 Å². The molecule has 0 saturated carbocycles. The van der Waals surface area contributed by atoms with Crippen LogP contribution in [0, 0.1) is 0 Å². The second kappa shape index (κ2) is 12.9. The Morgan fingerprint density at radius 3 is 1.88 bits per heavy atom. The summed E-state index contributed by atoms with van der Waals surface area (Å²) < 4.78 is 25.2. The first-order valence-electron chi connectivity index (χ1n) is 12.7. The smallest absolute Gasteiger partial charge is 0.351 e. The lowest BCUT2D eigenvalue weighted by molar-refractivity contribution is -0.0790. The van der Waals surface area contributed by atoms with Crippen LogP contribution in [0.1, 0.15) is 22.9 Å². The zero-order valence-electron chi connectivity index (χ0n) is 22.6. The third kappa shape index (κ3) is 5.98. The molecule has 0 spiro atoms. The number of aromatic nitrogens is 2. The van der Waals surface area contributed by atoms with Crippen LogP contribution in [-0.2, 0) is 15.1 Å². The summed E-state index contributed by atoms with van der Waals surface area (Å²) in [5.41, 5.74) is 6.74. The van der Waals surface area contributed by atoms with Crippen LogP contribution in [0.5, 0.6) is 11.5 Å². The molecule has 1 aromatic heterocycles. The van der Waals surface area contributed by atoms with E-state index in [-0.39, 0.29) is 12.4 Å². The molecule has 0 saturated heterocycles. The SMILES string of the molecule is C=C[C@@H](COC(c1ccccc1)(c1ccc(OC)cc1)c1ccc(OC)cc1)O[C@H](C=C)n1ccc(N)nc1=O. The first-order chi connectivity index (χ1) is 19.4. The molecule has 0 aliphatic carbocycles. The molecule has 40 heavy (non-hydrogen) atoms. The Bertz CT molecular complexity index is 1420. The van der Waals surface area contributed by atoms with Crippen molar-refractivity contribution in [1.82, 2.24) is 9.55 Å². The normalized spacial score (nSPS) is 12.8. The minimum atomic E-state index is -1.03. The van der Waals surface area contributed by atoms with Crippen LogP contribution in [0.25, 0.3) is 0 Å². The fraction of sp³-hybridized carbons (Fsp3) is 0.188.